The quantitative estimate of drug-likeness (QED) is 0.118. The van der Waals surface area contributed by atoms with Gasteiger partial charge in [0.25, 0.3) is 5.91 Å². The van der Waals surface area contributed by atoms with E-state index in [1.807, 2.05) is 30.3 Å². The molecule has 12 heteroatoms. The first kappa shape index (κ1) is 35.9. The van der Waals surface area contributed by atoms with Gasteiger partial charge in [-0.25, -0.2) is 14.4 Å². The summed E-state index contributed by atoms with van der Waals surface area (Å²) in [5.74, 6) is -1.12. The molecule has 1 fully saturated rings. The fourth-order valence-electron chi connectivity index (χ4n) is 5.65. The Morgan fingerprint density at radius 2 is 1.69 bits per heavy atom. The van der Waals surface area contributed by atoms with E-state index in [1.54, 1.807) is 30.6 Å². The van der Waals surface area contributed by atoms with Crippen molar-refractivity contribution in [1.82, 2.24) is 20.6 Å². The average Bonchev–Trinajstić information content (AvgIpc) is 3.79. The van der Waals surface area contributed by atoms with Crippen molar-refractivity contribution >= 4 is 23.2 Å². The number of hydrogen-bond acceptors (Lipinski definition) is 9. The Bertz CT molecular complexity index is 1750. The number of hydrogen-bond donors (Lipinski definition) is 4. The summed E-state index contributed by atoms with van der Waals surface area (Å²) in [6.07, 6.45) is 5.84. The van der Waals surface area contributed by atoms with Gasteiger partial charge < -0.3 is 25.0 Å². The molecule has 1 aliphatic rings. The second-order valence-electron chi connectivity index (χ2n) is 13.3. The molecule has 0 bridgehead atoms. The van der Waals surface area contributed by atoms with Gasteiger partial charge in [-0.2, -0.15) is 0 Å². The number of benzene rings is 2. The summed E-state index contributed by atoms with van der Waals surface area (Å²) >= 11 is 1.38. The van der Waals surface area contributed by atoms with Crippen LogP contribution in [0.3, 0.4) is 0 Å². The lowest BCUT2D eigenvalue weighted by Crippen LogP contribution is -2.54. The third kappa shape index (κ3) is 8.80. The molecule has 4 N–H and O–H groups in total. The molecule has 1 saturated carbocycles. The standard InChI is InChI=1S/C37H43FN4O6S/c1-21(36(45)46)41-34(43)27(42-35(44)29-16-17-30(49-29)37(2,3)4)18-22-10-12-23(13-11-22)33-39-19-24(20-40-33)26-14-15-28(47-5)32(31(26)38)48-25-8-6-7-9-25/h10-17,19-21,25,27,34,41,43H,6-9,18H2,1-5H3,(H,42,44)(H,45,46)/t21-,27+,34?/m1/s1. The van der Waals surface area contributed by atoms with Gasteiger partial charge in [-0.15, -0.1) is 11.3 Å². The maximum atomic E-state index is 15.7. The number of nitrogens with zero attached hydrogens (tertiary/aromatic N) is 2. The predicted molar refractivity (Wildman–Crippen MR) is 187 cm³/mol. The summed E-state index contributed by atoms with van der Waals surface area (Å²) in [6, 6.07) is 12.4. The molecule has 10 nitrogen and oxygen atoms in total. The molecule has 2 aromatic carbocycles. The van der Waals surface area contributed by atoms with Gasteiger partial charge in [0.15, 0.2) is 23.1 Å². The number of rotatable bonds is 13. The molecule has 49 heavy (non-hydrogen) atoms. The molecule has 0 aliphatic heterocycles. The highest BCUT2D eigenvalue weighted by atomic mass is 32.1. The van der Waals surface area contributed by atoms with Crippen LogP contribution in [-0.4, -0.2) is 63.6 Å². The lowest BCUT2D eigenvalue weighted by molar-refractivity contribution is -0.140. The molecule has 2 heterocycles. The van der Waals surface area contributed by atoms with Gasteiger partial charge in [-0.1, -0.05) is 45.0 Å². The van der Waals surface area contributed by atoms with Gasteiger partial charge in [-0.3, -0.25) is 14.9 Å². The molecular formula is C37H43FN4O6S. The second kappa shape index (κ2) is 15.4. The molecule has 260 valence electrons. The molecule has 1 amide bonds. The summed E-state index contributed by atoms with van der Waals surface area (Å²) in [5, 5.41) is 25.9. The number of aliphatic hydroxyl groups excluding tert-OH is 1. The number of aromatic nitrogens is 2. The van der Waals surface area contributed by atoms with E-state index in [-0.39, 0.29) is 29.6 Å². The Kier molecular flexibility index (Phi) is 11.3. The van der Waals surface area contributed by atoms with Crippen LogP contribution < -0.4 is 20.1 Å². The topological polar surface area (TPSA) is 143 Å². The minimum atomic E-state index is -1.34. The number of methoxy groups -OCH3 is 1. The SMILES string of the molecule is COc1ccc(-c2cnc(-c3ccc(C[C@H](NC(=O)c4ccc(C(C)(C)C)s4)C(O)N[C@H](C)C(=O)O)cc3)nc2)c(F)c1OC1CCCC1. The van der Waals surface area contributed by atoms with Crippen molar-refractivity contribution < 1.29 is 33.7 Å². The molecule has 1 unspecified atom stereocenters. The van der Waals surface area contributed by atoms with Crippen LogP contribution in [0.1, 0.15) is 73.5 Å². The number of carboxylic acids is 1. The third-order valence-corrected chi connectivity index (χ3v) is 10.1. The Hall–Kier alpha value is -4.39. The number of aliphatic hydroxyl groups is 1. The van der Waals surface area contributed by atoms with Gasteiger partial charge in [-0.05, 0) is 74.3 Å². The van der Waals surface area contributed by atoms with Crippen LogP contribution in [0.15, 0.2) is 60.9 Å². The first-order valence-electron chi connectivity index (χ1n) is 16.4. The second-order valence-corrected chi connectivity index (χ2v) is 14.4. The number of thiophene rings is 1. The number of nitrogens with one attached hydrogen (secondary N) is 2. The highest BCUT2D eigenvalue weighted by Gasteiger charge is 2.27. The van der Waals surface area contributed by atoms with Gasteiger partial charge in [0.1, 0.15) is 12.3 Å². The number of carboxylic acid groups (broad SMARTS) is 1. The van der Waals surface area contributed by atoms with E-state index in [1.165, 1.54) is 25.4 Å². The van der Waals surface area contributed by atoms with E-state index in [0.29, 0.717) is 33.1 Å². The van der Waals surface area contributed by atoms with Gasteiger partial charge >= 0.3 is 5.97 Å². The van der Waals surface area contributed by atoms with Gasteiger partial charge in [0.2, 0.25) is 0 Å². The largest absolute Gasteiger partial charge is 0.493 e. The summed E-state index contributed by atoms with van der Waals surface area (Å²) < 4.78 is 27.1. The van der Waals surface area contributed by atoms with Crippen molar-refractivity contribution in [3.8, 4) is 34.0 Å². The number of ether oxygens (including phenoxy) is 2. The Balaban J connectivity index is 1.31. The highest BCUT2D eigenvalue weighted by molar-refractivity contribution is 7.14. The summed E-state index contributed by atoms with van der Waals surface area (Å²) in [4.78, 5) is 35.2. The van der Waals surface area contributed by atoms with Crippen LogP contribution in [0.2, 0.25) is 0 Å². The zero-order chi connectivity index (χ0) is 35.3. The van der Waals surface area contributed by atoms with Crippen LogP contribution >= 0.6 is 11.3 Å². The maximum Gasteiger partial charge on any atom is 0.320 e. The van der Waals surface area contributed by atoms with Gasteiger partial charge in [0.05, 0.1) is 24.1 Å². The molecule has 1 aliphatic carbocycles. The molecule has 3 atom stereocenters. The van der Waals surface area contributed by atoms with Crippen LogP contribution in [0.25, 0.3) is 22.5 Å². The van der Waals surface area contributed by atoms with Crippen LogP contribution in [0.5, 0.6) is 11.5 Å². The molecule has 2 aromatic heterocycles. The molecule has 0 saturated heterocycles. The molecule has 5 rings (SSSR count). The number of aliphatic carboxylic acids is 1. The fourth-order valence-corrected chi connectivity index (χ4v) is 6.62. The Morgan fingerprint density at radius 1 is 1.02 bits per heavy atom. The predicted octanol–water partition coefficient (Wildman–Crippen LogP) is 6.36. The van der Waals surface area contributed by atoms with Crippen LogP contribution in [0, 0.1) is 5.82 Å². The lowest BCUT2D eigenvalue weighted by Gasteiger charge is -2.26. The first-order chi connectivity index (χ1) is 23.3. The first-order valence-corrected chi connectivity index (χ1v) is 17.2. The van der Waals surface area contributed by atoms with Crippen LogP contribution in [-0.2, 0) is 16.6 Å². The molecule has 4 aromatic rings. The van der Waals surface area contributed by atoms with Gasteiger partial charge in [0, 0.05) is 34.0 Å². The number of carbonyl (C=O) groups excluding carboxylic acids is 1. The van der Waals surface area contributed by atoms with Crippen molar-refractivity contribution in [3.05, 3.63) is 82.1 Å². The van der Waals surface area contributed by atoms with E-state index in [2.05, 4.69) is 41.4 Å². The van der Waals surface area contributed by atoms with E-state index in [9.17, 15) is 19.8 Å². The zero-order valence-electron chi connectivity index (χ0n) is 28.3. The minimum Gasteiger partial charge on any atom is -0.493 e. The third-order valence-electron chi connectivity index (χ3n) is 8.56. The van der Waals surface area contributed by atoms with E-state index >= 15 is 4.39 Å². The fraction of sp³-hybridized carbons (Fsp3) is 0.405. The van der Waals surface area contributed by atoms with E-state index in [4.69, 9.17) is 9.47 Å². The Morgan fingerprint density at radius 3 is 2.29 bits per heavy atom. The monoisotopic (exact) mass is 690 g/mol. The van der Waals surface area contributed by atoms with E-state index in [0.717, 1.165) is 36.1 Å². The van der Waals surface area contributed by atoms with E-state index < -0.39 is 30.1 Å². The highest BCUT2D eigenvalue weighted by Crippen LogP contribution is 2.39. The maximum absolute atomic E-state index is 15.7. The average molecular weight is 691 g/mol. The molecule has 0 spiro atoms. The smallest absolute Gasteiger partial charge is 0.320 e. The minimum absolute atomic E-state index is 0.0396. The lowest BCUT2D eigenvalue weighted by atomic mass is 9.95. The Labute approximate surface area is 289 Å². The number of carbonyl (C=O) groups is 2. The zero-order valence-corrected chi connectivity index (χ0v) is 29.1. The normalized spacial score (nSPS) is 15.4. The van der Waals surface area contributed by atoms with Crippen molar-refractivity contribution in [2.75, 3.05) is 7.11 Å². The molecule has 0 radical (unpaired) electrons. The summed E-state index contributed by atoms with van der Waals surface area (Å²) in [6.45, 7) is 7.62. The van der Waals surface area contributed by atoms with Crippen LogP contribution in [0.4, 0.5) is 4.39 Å². The summed E-state index contributed by atoms with van der Waals surface area (Å²) in [5.41, 5.74) is 2.18. The number of halogens is 1. The summed E-state index contributed by atoms with van der Waals surface area (Å²) in [7, 11) is 1.49. The van der Waals surface area contributed by atoms with Crippen molar-refractivity contribution in [2.24, 2.45) is 0 Å². The van der Waals surface area contributed by atoms with Crippen molar-refractivity contribution in [2.45, 2.75) is 89.6 Å². The van der Waals surface area contributed by atoms with Crippen molar-refractivity contribution in [1.29, 1.82) is 0 Å². The molecular weight excluding hydrogens is 647 g/mol. The van der Waals surface area contributed by atoms with Crippen molar-refractivity contribution in [3.63, 3.8) is 0 Å². The number of amides is 1.